The Morgan fingerprint density at radius 3 is 1.83 bits per heavy atom. The highest BCUT2D eigenvalue weighted by molar-refractivity contribution is 9.10. The standard InChI is InChI=1S/C31H20BrN3/c32-25-15-16-29-30(20-25)35-28-14-8-7-13-27(28)33-31(35)34(29)26-18-23(21-9-3-1-4-10-21)17-24(19-26)22-11-5-2-6-12-22/h1-20H. The maximum absolute atomic E-state index is 5.07. The van der Waals surface area contributed by atoms with Crippen LogP contribution in [0, 0.1) is 0 Å². The molecule has 0 aliphatic rings. The second-order valence-electron chi connectivity index (χ2n) is 8.70. The van der Waals surface area contributed by atoms with Gasteiger partial charge in [0, 0.05) is 4.47 Å². The zero-order valence-corrected chi connectivity index (χ0v) is 20.4. The fourth-order valence-electron chi connectivity index (χ4n) is 4.96. The van der Waals surface area contributed by atoms with Crippen molar-refractivity contribution in [1.29, 1.82) is 0 Å². The van der Waals surface area contributed by atoms with Gasteiger partial charge in [0.2, 0.25) is 5.78 Å². The summed E-state index contributed by atoms with van der Waals surface area (Å²) >= 11 is 3.68. The number of fused-ring (bicyclic) bond motifs is 5. The number of hydrogen-bond donors (Lipinski definition) is 0. The first kappa shape index (κ1) is 20.2. The highest BCUT2D eigenvalue weighted by atomic mass is 79.9. The van der Waals surface area contributed by atoms with Gasteiger partial charge in [-0.3, -0.25) is 8.97 Å². The van der Waals surface area contributed by atoms with E-state index in [2.05, 4.69) is 140 Å². The van der Waals surface area contributed by atoms with Crippen LogP contribution in [0.2, 0.25) is 0 Å². The van der Waals surface area contributed by atoms with Crippen LogP contribution in [0.1, 0.15) is 0 Å². The van der Waals surface area contributed by atoms with E-state index in [1.807, 2.05) is 6.07 Å². The molecule has 0 bridgehead atoms. The van der Waals surface area contributed by atoms with Gasteiger partial charge in [-0.2, -0.15) is 0 Å². The summed E-state index contributed by atoms with van der Waals surface area (Å²) in [5.74, 6) is 0.906. The summed E-state index contributed by atoms with van der Waals surface area (Å²) < 4.78 is 5.58. The minimum Gasteiger partial charge on any atom is -0.278 e. The minimum atomic E-state index is 0.906. The Morgan fingerprint density at radius 1 is 0.514 bits per heavy atom. The van der Waals surface area contributed by atoms with E-state index in [0.29, 0.717) is 0 Å². The van der Waals surface area contributed by atoms with Gasteiger partial charge in [0.15, 0.2) is 0 Å². The number of imidazole rings is 2. The molecule has 7 aromatic rings. The van der Waals surface area contributed by atoms with Gasteiger partial charge in [-0.05, 0) is 70.8 Å². The summed E-state index contributed by atoms with van der Waals surface area (Å²) in [6.45, 7) is 0. The molecule has 0 aliphatic heterocycles. The molecule has 0 amide bonds. The van der Waals surface area contributed by atoms with Crippen molar-refractivity contribution >= 4 is 43.8 Å². The normalized spacial score (nSPS) is 11.6. The first-order valence-corrected chi connectivity index (χ1v) is 12.4. The second kappa shape index (κ2) is 7.97. The summed E-state index contributed by atoms with van der Waals surface area (Å²) in [5, 5.41) is 0. The Morgan fingerprint density at radius 2 is 1.14 bits per heavy atom. The minimum absolute atomic E-state index is 0.906. The van der Waals surface area contributed by atoms with E-state index in [0.717, 1.165) is 38.0 Å². The van der Waals surface area contributed by atoms with Gasteiger partial charge in [0.25, 0.3) is 0 Å². The van der Waals surface area contributed by atoms with Gasteiger partial charge in [0.1, 0.15) is 0 Å². The summed E-state index contributed by atoms with van der Waals surface area (Å²) in [6, 6.07) is 42.7. The van der Waals surface area contributed by atoms with Crippen molar-refractivity contribution in [1.82, 2.24) is 14.0 Å². The average molecular weight is 514 g/mol. The molecular weight excluding hydrogens is 494 g/mol. The molecule has 3 nitrogen and oxygen atoms in total. The van der Waals surface area contributed by atoms with Gasteiger partial charge in [-0.15, -0.1) is 0 Å². The number of nitrogens with zero attached hydrogens (tertiary/aromatic N) is 3. The Hall–Kier alpha value is -4.15. The number of para-hydroxylation sites is 2. The number of hydrogen-bond acceptors (Lipinski definition) is 1. The maximum atomic E-state index is 5.07. The molecule has 35 heavy (non-hydrogen) atoms. The summed E-state index contributed by atoms with van der Waals surface area (Å²) in [4.78, 5) is 5.07. The molecule has 0 spiro atoms. The monoisotopic (exact) mass is 513 g/mol. The molecule has 2 heterocycles. The number of benzene rings is 5. The van der Waals surface area contributed by atoms with E-state index in [1.165, 1.54) is 22.3 Å². The number of rotatable bonds is 3. The molecule has 0 fully saturated rings. The quantitative estimate of drug-likeness (QED) is 0.232. The Balaban J connectivity index is 1.60. The van der Waals surface area contributed by atoms with Crippen molar-refractivity contribution in [3.05, 3.63) is 126 Å². The molecule has 5 aromatic carbocycles. The third-order valence-electron chi connectivity index (χ3n) is 6.55. The lowest BCUT2D eigenvalue weighted by Gasteiger charge is -2.13. The van der Waals surface area contributed by atoms with Gasteiger partial charge in [0.05, 0.1) is 27.8 Å². The zero-order chi connectivity index (χ0) is 23.4. The van der Waals surface area contributed by atoms with Crippen molar-refractivity contribution in [3.8, 4) is 27.9 Å². The van der Waals surface area contributed by atoms with Crippen molar-refractivity contribution in [2.24, 2.45) is 0 Å². The van der Waals surface area contributed by atoms with Gasteiger partial charge >= 0.3 is 0 Å². The lowest BCUT2D eigenvalue weighted by molar-refractivity contribution is 1.11. The van der Waals surface area contributed by atoms with E-state index < -0.39 is 0 Å². The van der Waals surface area contributed by atoms with E-state index >= 15 is 0 Å². The van der Waals surface area contributed by atoms with Crippen LogP contribution < -0.4 is 0 Å². The van der Waals surface area contributed by atoms with E-state index in [4.69, 9.17) is 4.98 Å². The van der Waals surface area contributed by atoms with Crippen LogP contribution in [0.3, 0.4) is 0 Å². The smallest absolute Gasteiger partial charge is 0.220 e. The average Bonchev–Trinajstić information content (AvgIpc) is 3.44. The summed E-state index contributed by atoms with van der Waals surface area (Å²) in [6.07, 6.45) is 0. The van der Waals surface area contributed by atoms with Crippen molar-refractivity contribution in [2.45, 2.75) is 0 Å². The van der Waals surface area contributed by atoms with Crippen molar-refractivity contribution in [2.75, 3.05) is 0 Å². The topological polar surface area (TPSA) is 22.2 Å². The SMILES string of the molecule is Brc1ccc2c(c1)n1c3ccccc3nc1n2-c1cc(-c2ccccc2)cc(-c2ccccc2)c1. The van der Waals surface area contributed by atoms with Crippen LogP contribution in [-0.4, -0.2) is 14.0 Å². The van der Waals surface area contributed by atoms with Crippen molar-refractivity contribution < 1.29 is 0 Å². The molecule has 2 aromatic heterocycles. The fourth-order valence-corrected chi connectivity index (χ4v) is 5.31. The third kappa shape index (κ3) is 3.29. The predicted molar refractivity (Wildman–Crippen MR) is 148 cm³/mol. The van der Waals surface area contributed by atoms with Crippen LogP contribution in [-0.2, 0) is 0 Å². The number of aromatic nitrogens is 3. The van der Waals surface area contributed by atoms with Crippen LogP contribution in [0.4, 0.5) is 0 Å². The zero-order valence-electron chi connectivity index (χ0n) is 18.8. The van der Waals surface area contributed by atoms with E-state index in [1.54, 1.807) is 0 Å². The highest BCUT2D eigenvalue weighted by Crippen LogP contribution is 2.35. The molecular formula is C31H20BrN3. The molecule has 0 radical (unpaired) electrons. The first-order chi connectivity index (χ1) is 17.3. The van der Waals surface area contributed by atoms with Crippen molar-refractivity contribution in [3.63, 3.8) is 0 Å². The third-order valence-corrected chi connectivity index (χ3v) is 7.05. The first-order valence-electron chi connectivity index (χ1n) is 11.6. The van der Waals surface area contributed by atoms with Gasteiger partial charge in [-0.25, -0.2) is 4.98 Å². The predicted octanol–water partition coefficient (Wildman–Crippen LogP) is 8.53. The lowest BCUT2D eigenvalue weighted by Crippen LogP contribution is -1.97. The molecule has 0 atom stereocenters. The van der Waals surface area contributed by atoms with E-state index in [9.17, 15) is 0 Å². The summed E-state index contributed by atoms with van der Waals surface area (Å²) in [5.41, 5.74) is 10.1. The highest BCUT2D eigenvalue weighted by Gasteiger charge is 2.18. The van der Waals surface area contributed by atoms with Crippen LogP contribution in [0.25, 0.3) is 55.8 Å². The molecule has 0 saturated heterocycles. The molecule has 0 N–H and O–H groups in total. The maximum Gasteiger partial charge on any atom is 0.220 e. The Bertz CT molecular complexity index is 1790. The molecule has 0 unspecified atom stereocenters. The molecule has 0 aliphatic carbocycles. The Kier molecular flexibility index (Phi) is 4.61. The Labute approximate surface area is 211 Å². The molecule has 7 rings (SSSR count). The molecule has 0 saturated carbocycles. The molecule has 166 valence electrons. The lowest BCUT2D eigenvalue weighted by atomic mass is 9.98. The number of halogens is 1. The fraction of sp³-hybridized carbons (Fsp3) is 0. The van der Waals surface area contributed by atoms with Crippen LogP contribution in [0.5, 0.6) is 0 Å². The van der Waals surface area contributed by atoms with Gasteiger partial charge in [-0.1, -0.05) is 88.7 Å². The van der Waals surface area contributed by atoms with Gasteiger partial charge < -0.3 is 0 Å². The van der Waals surface area contributed by atoms with Crippen LogP contribution in [0.15, 0.2) is 126 Å². The largest absolute Gasteiger partial charge is 0.278 e. The van der Waals surface area contributed by atoms with Crippen LogP contribution >= 0.6 is 15.9 Å². The second-order valence-corrected chi connectivity index (χ2v) is 9.62. The summed E-state index contributed by atoms with van der Waals surface area (Å²) in [7, 11) is 0. The van der Waals surface area contributed by atoms with E-state index in [-0.39, 0.29) is 0 Å². The molecule has 4 heteroatoms.